The van der Waals surface area contributed by atoms with Gasteiger partial charge in [0.05, 0.1) is 16.8 Å². The summed E-state index contributed by atoms with van der Waals surface area (Å²) < 4.78 is 30.5. The van der Waals surface area contributed by atoms with E-state index < -0.39 is 10.0 Å². The molecule has 3 rings (SSSR count). The number of anilines is 1. The number of amides is 1. The zero-order valence-electron chi connectivity index (χ0n) is 15.2. The topological polar surface area (TPSA) is 84.5 Å². The van der Waals surface area contributed by atoms with E-state index in [-0.39, 0.29) is 5.91 Å². The van der Waals surface area contributed by atoms with Gasteiger partial charge in [-0.25, -0.2) is 13.1 Å². The number of hydrogen-bond acceptors (Lipinski definition) is 5. The number of benzene rings is 2. The van der Waals surface area contributed by atoms with Crippen LogP contribution in [0.4, 0.5) is 5.69 Å². The number of hydrogen-bond donors (Lipinski definition) is 2. The molecule has 1 amide bonds. The molecule has 0 spiro atoms. The van der Waals surface area contributed by atoms with Crippen LogP contribution in [0.15, 0.2) is 66.7 Å². The molecule has 0 bridgehead atoms. The first-order valence-electron chi connectivity index (χ1n) is 8.57. The van der Waals surface area contributed by atoms with E-state index in [1.165, 1.54) is 11.3 Å². The Morgan fingerprint density at radius 3 is 2.46 bits per heavy atom. The first-order chi connectivity index (χ1) is 13.4. The molecular formula is C20H20N2O4S2. The second-order valence-electron chi connectivity index (χ2n) is 6.05. The highest BCUT2D eigenvalue weighted by Crippen LogP contribution is 2.30. The molecule has 0 unspecified atom stereocenters. The Bertz CT molecular complexity index is 1050. The van der Waals surface area contributed by atoms with Crippen molar-refractivity contribution in [1.29, 1.82) is 0 Å². The van der Waals surface area contributed by atoms with Crippen LogP contribution in [0.1, 0.15) is 14.5 Å². The summed E-state index contributed by atoms with van der Waals surface area (Å²) >= 11 is 1.33. The monoisotopic (exact) mass is 416 g/mol. The molecule has 0 atom stereocenters. The Morgan fingerprint density at radius 2 is 1.71 bits per heavy atom. The summed E-state index contributed by atoms with van der Waals surface area (Å²) in [6, 6.07) is 20.1. The van der Waals surface area contributed by atoms with Crippen molar-refractivity contribution in [2.45, 2.75) is 6.42 Å². The van der Waals surface area contributed by atoms with E-state index >= 15 is 0 Å². The molecule has 0 fully saturated rings. The summed E-state index contributed by atoms with van der Waals surface area (Å²) in [4.78, 5) is 14.1. The molecule has 0 saturated heterocycles. The molecule has 1 heterocycles. The molecule has 3 aromatic rings. The lowest BCUT2D eigenvalue weighted by Crippen LogP contribution is -2.24. The predicted molar refractivity (Wildman–Crippen MR) is 112 cm³/mol. The van der Waals surface area contributed by atoms with Crippen molar-refractivity contribution in [2.24, 2.45) is 0 Å². The lowest BCUT2D eigenvalue weighted by Gasteiger charge is -2.11. The molecule has 8 heteroatoms. The van der Waals surface area contributed by atoms with Crippen LogP contribution in [0.2, 0.25) is 0 Å². The van der Waals surface area contributed by atoms with Gasteiger partial charge in [-0.15, -0.1) is 11.3 Å². The zero-order valence-corrected chi connectivity index (χ0v) is 16.8. The van der Waals surface area contributed by atoms with Crippen LogP contribution >= 0.6 is 11.3 Å². The van der Waals surface area contributed by atoms with Gasteiger partial charge in [0.25, 0.3) is 5.91 Å². The van der Waals surface area contributed by atoms with E-state index in [0.29, 0.717) is 35.0 Å². The normalized spacial score (nSPS) is 11.2. The average Bonchev–Trinajstić information content (AvgIpc) is 3.12. The number of carbonyl (C=O) groups excluding carboxylic acids is 1. The van der Waals surface area contributed by atoms with Gasteiger partial charge in [0.2, 0.25) is 10.0 Å². The molecule has 0 aliphatic carbocycles. The minimum atomic E-state index is -3.21. The van der Waals surface area contributed by atoms with Crippen molar-refractivity contribution in [3.8, 4) is 11.5 Å². The maximum Gasteiger partial charge on any atom is 0.265 e. The molecule has 2 N–H and O–H groups in total. The van der Waals surface area contributed by atoms with Crippen molar-refractivity contribution in [1.82, 2.24) is 4.72 Å². The largest absolute Gasteiger partial charge is 0.455 e. The number of rotatable bonds is 8. The maximum absolute atomic E-state index is 12.6. The minimum Gasteiger partial charge on any atom is -0.455 e. The van der Waals surface area contributed by atoms with Gasteiger partial charge in [0, 0.05) is 11.4 Å². The Hall–Kier alpha value is -2.68. The van der Waals surface area contributed by atoms with Crippen LogP contribution in [0.25, 0.3) is 0 Å². The van der Waals surface area contributed by atoms with E-state index in [1.54, 1.807) is 18.2 Å². The highest BCUT2D eigenvalue weighted by atomic mass is 32.2. The van der Waals surface area contributed by atoms with Crippen LogP contribution in [0.5, 0.6) is 11.5 Å². The molecular weight excluding hydrogens is 396 g/mol. The summed E-state index contributed by atoms with van der Waals surface area (Å²) in [5.41, 5.74) is 0.574. The smallest absolute Gasteiger partial charge is 0.265 e. The third-order valence-corrected chi connectivity index (χ3v) is 5.60. The Balaban J connectivity index is 1.65. The van der Waals surface area contributed by atoms with Gasteiger partial charge < -0.3 is 10.1 Å². The predicted octanol–water partition coefficient (Wildman–Crippen LogP) is 3.88. The van der Waals surface area contributed by atoms with E-state index in [2.05, 4.69) is 10.0 Å². The van der Waals surface area contributed by atoms with Gasteiger partial charge in [-0.3, -0.25) is 4.79 Å². The molecule has 6 nitrogen and oxygen atoms in total. The van der Waals surface area contributed by atoms with Gasteiger partial charge in [0.1, 0.15) is 5.75 Å². The van der Waals surface area contributed by atoms with E-state index in [1.807, 2.05) is 48.5 Å². The second-order valence-corrected chi connectivity index (χ2v) is 9.05. The lowest BCUT2D eigenvalue weighted by atomic mass is 10.2. The van der Waals surface area contributed by atoms with Crippen LogP contribution in [-0.4, -0.2) is 27.1 Å². The highest BCUT2D eigenvalue weighted by Gasteiger charge is 2.13. The standard InChI is InChI=1S/C20H20N2O4S2/c1-28(24,25)21-14-13-16-11-12-19(27-16)20(23)22-17-9-5-6-10-18(17)26-15-7-3-2-4-8-15/h2-12,21H,13-14H2,1H3,(H,22,23). The van der Waals surface area contributed by atoms with E-state index in [0.717, 1.165) is 11.1 Å². The molecule has 0 saturated carbocycles. The first-order valence-corrected chi connectivity index (χ1v) is 11.3. The molecule has 0 aliphatic rings. The van der Waals surface area contributed by atoms with Crippen LogP contribution in [0, 0.1) is 0 Å². The summed E-state index contributed by atoms with van der Waals surface area (Å²) in [5.74, 6) is 0.994. The third-order valence-electron chi connectivity index (χ3n) is 3.73. The van der Waals surface area contributed by atoms with Crippen molar-refractivity contribution >= 4 is 33.0 Å². The number of ether oxygens (including phenoxy) is 1. The average molecular weight is 417 g/mol. The molecule has 146 valence electrons. The number of thiophene rings is 1. The maximum atomic E-state index is 12.6. The van der Waals surface area contributed by atoms with Crippen molar-refractivity contribution < 1.29 is 17.9 Å². The highest BCUT2D eigenvalue weighted by molar-refractivity contribution is 7.88. The Kier molecular flexibility index (Phi) is 6.45. The van der Waals surface area contributed by atoms with Crippen molar-refractivity contribution in [2.75, 3.05) is 18.1 Å². The van der Waals surface area contributed by atoms with Crippen LogP contribution in [-0.2, 0) is 16.4 Å². The minimum absolute atomic E-state index is 0.239. The van der Waals surface area contributed by atoms with Crippen molar-refractivity contribution in [3.63, 3.8) is 0 Å². The molecule has 28 heavy (non-hydrogen) atoms. The van der Waals surface area contributed by atoms with Gasteiger partial charge >= 0.3 is 0 Å². The first kappa shape index (κ1) is 20.1. The summed E-state index contributed by atoms with van der Waals surface area (Å²) in [7, 11) is -3.21. The fraction of sp³-hybridized carbons (Fsp3) is 0.150. The number of nitrogens with one attached hydrogen (secondary N) is 2. The van der Waals surface area contributed by atoms with Gasteiger partial charge in [-0.2, -0.15) is 0 Å². The lowest BCUT2D eigenvalue weighted by molar-refractivity contribution is 0.103. The molecule has 0 radical (unpaired) electrons. The van der Waals surface area contributed by atoms with Gasteiger partial charge in [0.15, 0.2) is 5.75 Å². The Labute approximate surface area is 168 Å². The van der Waals surface area contributed by atoms with Crippen molar-refractivity contribution in [3.05, 3.63) is 76.5 Å². The fourth-order valence-corrected chi connectivity index (χ4v) is 3.83. The SMILES string of the molecule is CS(=O)(=O)NCCc1ccc(C(=O)Nc2ccccc2Oc2ccccc2)s1. The third kappa shape index (κ3) is 5.91. The van der Waals surface area contributed by atoms with Gasteiger partial charge in [-0.05, 0) is 42.8 Å². The number of sulfonamides is 1. The van der Waals surface area contributed by atoms with E-state index in [4.69, 9.17) is 4.74 Å². The fourth-order valence-electron chi connectivity index (χ4n) is 2.45. The summed E-state index contributed by atoms with van der Waals surface area (Å²) in [5, 5.41) is 2.88. The van der Waals surface area contributed by atoms with Crippen LogP contribution in [0.3, 0.4) is 0 Å². The summed E-state index contributed by atoms with van der Waals surface area (Å²) in [6.45, 7) is 0.300. The van der Waals surface area contributed by atoms with E-state index in [9.17, 15) is 13.2 Å². The van der Waals surface area contributed by atoms with Gasteiger partial charge in [-0.1, -0.05) is 30.3 Å². The molecule has 1 aromatic heterocycles. The Morgan fingerprint density at radius 1 is 1.00 bits per heavy atom. The zero-order chi connectivity index (χ0) is 20.0. The number of carbonyl (C=O) groups is 1. The van der Waals surface area contributed by atoms with Crippen LogP contribution < -0.4 is 14.8 Å². The molecule has 2 aromatic carbocycles. The quantitative estimate of drug-likeness (QED) is 0.584. The summed E-state index contributed by atoms with van der Waals surface area (Å²) in [6.07, 6.45) is 1.65. The molecule has 0 aliphatic heterocycles. The number of para-hydroxylation sites is 3. The second kappa shape index (κ2) is 9.01.